The van der Waals surface area contributed by atoms with Gasteiger partial charge in [-0.3, -0.25) is 14.6 Å². The number of hydrogen-bond acceptors (Lipinski definition) is 6. The van der Waals surface area contributed by atoms with Crippen LogP contribution in [0.5, 0.6) is 5.75 Å². The number of ether oxygens (including phenoxy) is 2. The number of rotatable bonds is 7. The molecule has 0 unspecified atom stereocenters. The third-order valence-corrected chi connectivity index (χ3v) is 6.34. The first-order valence-electron chi connectivity index (χ1n) is 9.95. The van der Waals surface area contributed by atoms with Gasteiger partial charge in [-0.15, -0.1) is 12.4 Å². The molecular weight excluding hydrogens is 457 g/mol. The Morgan fingerprint density at radius 3 is 2.81 bits per heavy atom. The van der Waals surface area contributed by atoms with Gasteiger partial charge in [-0.05, 0) is 36.8 Å². The highest BCUT2D eigenvalue weighted by Gasteiger charge is 2.22. The van der Waals surface area contributed by atoms with E-state index in [9.17, 15) is 4.79 Å². The van der Waals surface area contributed by atoms with Gasteiger partial charge in [0.1, 0.15) is 5.75 Å². The molecule has 0 bridgehead atoms. The number of para-hydroxylation sites is 1. The number of carbonyl (C=O) groups is 1. The van der Waals surface area contributed by atoms with Gasteiger partial charge in [0.05, 0.1) is 23.4 Å². The zero-order chi connectivity index (χ0) is 20.9. The fraction of sp³-hybridized carbons (Fsp3) is 0.364. The first-order chi connectivity index (χ1) is 14.6. The smallest absolute Gasteiger partial charge is 0.266 e. The zero-order valence-corrected chi connectivity index (χ0v) is 19.6. The maximum absolute atomic E-state index is 13.1. The Labute approximate surface area is 197 Å². The molecule has 0 spiro atoms. The van der Waals surface area contributed by atoms with Gasteiger partial charge < -0.3 is 9.47 Å². The van der Waals surface area contributed by atoms with Crippen LogP contribution in [0.15, 0.2) is 42.5 Å². The first kappa shape index (κ1) is 23.8. The summed E-state index contributed by atoms with van der Waals surface area (Å²) in [4.78, 5) is 21.9. The van der Waals surface area contributed by atoms with E-state index in [0.717, 1.165) is 54.4 Å². The van der Waals surface area contributed by atoms with Crippen LogP contribution in [0.2, 0.25) is 5.02 Å². The fourth-order valence-corrected chi connectivity index (χ4v) is 4.62. The summed E-state index contributed by atoms with van der Waals surface area (Å²) in [6.07, 6.45) is 0. The summed E-state index contributed by atoms with van der Waals surface area (Å²) in [5.41, 5.74) is 1.84. The maximum atomic E-state index is 13.1. The highest BCUT2D eigenvalue weighted by Crippen LogP contribution is 2.31. The average molecular weight is 482 g/mol. The van der Waals surface area contributed by atoms with Crippen LogP contribution in [-0.2, 0) is 9.53 Å². The first-order valence-corrected chi connectivity index (χ1v) is 11.1. The average Bonchev–Trinajstić information content (AvgIpc) is 3.16. The number of hydrogen-bond donors (Lipinski definition) is 0. The summed E-state index contributed by atoms with van der Waals surface area (Å²) in [5.74, 6) is 0.603. The van der Waals surface area contributed by atoms with E-state index in [1.807, 2.05) is 49.4 Å². The van der Waals surface area contributed by atoms with Crippen LogP contribution in [-0.4, -0.2) is 61.8 Å². The Bertz CT molecular complexity index is 1020. The lowest BCUT2D eigenvalue weighted by atomic mass is 10.2. The molecule has 31 heavy (non-hydrogen) atoms. The minimum atomic E-state index is -0.114. The third-order valence-electron chi connectivity index (χ3n) is 5.06. The summed E-state index contributed by atoms with van der Waals surface area (Å²) in [7, 11) is 0. The lowest BCUT2D eigenvalue weighted by molar-refractivity contribution is -0.120. The Hall–Kier alpha value is -1.90. The number of halogens is 2. The molecule has 3 aromatic rings. The molecule has 0 aliphatic carbocycles. The monoisotopic (exact) mass is 481 g/mol. The van der Waals surface area contributed by atoms with Gasteiger partial charge in [0.15, 0.2) is 11.7 Å². The Morgan fingerprint density at radius 1 is 1.26 bits per heavy atom. The Morgan fingerprint density at radius 2 is 2.03 bits per heavy atom. The number of aryl methyl sites for hydroxylation is 1. The number of nitrogens with zero attached hydrogens (tertiary/aromatic N) is 3. The fourth-order valence-electron chi connectivity index (χ4n) is 3.33. The van der Waals surface area contributed by atoms with E-state index in [4.69, 9.17) is 21.1 Å². The van der Waals surface area contributed by atoms with Crippen LogP contribution in [0.4, 0.5) is 5.13 Å². The number of carbonyl (C=O) groups excluding carboxylic acids is 1. The maximum Gasteiger partial charge on any atom is 0.266 e. The van der Waals surface area contributed by atoms with E-state index in [1.54, 1.807) is 4.90 Å². The number of aromatic nitrogens is 1. The van der Waals surface area contributed by atoms with Crippen molar-refractivity contribution in [3.05, 3.63) is 53.1 Å². The van der Waals surface area contributed by atoms with Gasteiger partial charge in [0, 0.05) is 31.2 Å². The Balaban J connectivity index is 0.00000272. The molecular formula is C22H25Cl2N3O3S. The molecule has 6 nitrogen and oxygen atoms in total. The third kappa shape index (κ3) is 6.08. The zero-order valence-electron chi connectivity index (χ0n) is 17.3. The van der Waals surface area contributed by atoms with Crippen molar-refractivity contribution in [1.29, 1.82) is 0 Å². The van der Waals surface area contributed by atoms with Crippen molar-refractivity contribution in [2.24, 2.45) is 0 Å². The van der Waals surface area contributed by atoms with Crippen LogP contribution in [0.3, 0.4) is 0 Å². The molecule has 1 aromatic heterocycles. The normalized spacial score (nSPS) is 14.3. The summed E-state index contributed by atoms with van der Waals surface area (Å²) in [6.45, 7) is 6.43. The lowest BCUT2D eigenvalue weighted by Crippen LogP contribution is -2.44. The van der Waals surface area contributed by atoms with E-state index in [-0.39, 0.29) is 24.9 Å². The summed E-state index contributed by atoms with van der Waals surface area (Å²) >= 11 is 7.60. The van der Waals surface area contributed by atoms with Crippen LogP contribution in [0, 0.1) is 6.92 Å². The molecule has 1 aliphatic heterocycles. The predicted molar refractivity (Wildman–Crippen MR) is 128 cm³/mol. The van der Waals surface area contributed by atoms with Crippen molar-refractivity contribution in [2.75, 3.05) is 50.9 Å². The number of fused-ring (bicyclic) bond motifs is 1. The molecule has 9 heteroatoms. The van der Waals surface area contributed by atoms with Crippen molar-refractivity contribution < 1.29 is 14.3 Å². The van der Waals surface area contributed by atoms with Crippen LogP contribution in [0.25, 0.3) is 10.2 Å². The lowest BCUT2D eigenvalue weighted by Gasteiger charge is -2.29. The van der Waals surface area contributed by atoms with Crippen molar-refractivity contribution in [2.45, 2.75) is 6.92 Å². The topological polar surface area (TPSA) is 54.9 Å². The number of anilines is 1. The highest BCUT2D eigenvalue weighted by molar-refractivity contribution is 7.22. The molecule has 4 rings (SSSR count). The molecule has 1 saturated heterocycles. The van der Waals surface area contributed by atoms with E-state index in [1.165, 1.54) is 11.3 Å². The minimum Gasteiger partial charge on any atom is -0.483 e. The summed E-state index contributed by atoms with van der Waals surface area (Å²) in [6, 6.07) is 13.3. The quantitative estimate of drug-likeness (QED) is 0.499. The molecule has 0 N–H and O–H groups in total. The van der Waals surface area contributed by atoms with E-state index >= 15 is 0 Å². The van der Waals surface area contributed by atoms with Gasteiger partial charge in [-0.25, -0.2) is 4.98 Å². The second-order valence-electron chi connectivity index (χ2n) is 7.16. The number of benzene rings is 2. The molecule has 2 heterocycles. The SMILES string of the molecule is Cc1ccccc1OCC(=O)N(CCN1CCOCC1)c1nc2ccc(Cl)cc2s1.Cl. The molecule has 1 aliphatic rings. The van der Waals surface area contributed by atoms with Gasteiger partial charge in [0.25, 0.3) is 5.91 Å². The molecule has 1 fully saturated rings. The number of thiazole rings is 1. The van der Waals surface area contributed by atoms with Crippen LogP contribution in [0.1, 0.15) is 5.56 Å². The van der Waals surface area contributed by atoms with E-state index in [2.05, 4.69) is 9.88 Å². The predicted octanol–water partition coefficient (Wildman–Crippen LogP) is 4.42. The molecule has 166 valence electrons. The molecule has 0 radical (unpaired) electrons. The summed E-state index contributed by atoms with van der Waals surface area (Å²) < 4.78 is 12.2. The molecule has 0 atom stereocenters. The van der Waals surface area contributed by atoms with E-state index in [0.29, 0.717) is 16.7 Å². The molecule has 2 aromatic carbocycles. The second kappa shape index (κ2) is 11.1. The van der Waals surface area contributed by atoms with Crippen LogP contribution >= 0.6 is 35.3 Å². The van der Waals surface area contributed by atoms with Crippen molar-refractivity contribution in [3.8, 4) is 5.75 Å². The van der Waals surface area contributed by atoms with Crippen molar-refractivity contribution >= 4 is 56.6 Å². The number of amides is 1. The van der Waals surface area contributed by atoms with E-state index < -0.39 is 0 Å². The van der Waals surface area contributed by atoms with Crippen molar-refractivity contribution in [1.82, 2.24) is 9.88 Å². The van der Waals surface area contributed by atoms with Crippen molar-refractivity contribution in [3.63, 3.8) is 0 Å². The highest BCUT2D eigenvalue weighted by atomic mass is 35.5. The van der Waals surface area contributed by atoms with Gasteiger partial charge >= 0.3 is 0 Å². The van der Waals surface area contributed by atoms with Gasteiger partial charge in [-0.2, -0.15) is 0 Å². The van der Waals surface area contributed by atoms with Crippen LogP contribution < -0.4 is 9.64 Å². The van der Waals surface area contributed by atoms with Gasteiger partial charge in [-0.1, -0.05) is 41.1 Å². The molecule has 1 amide bonds. The van der Waals surface area contributed by atoms with Gasteiger partial charge in [0.2, 0.25) is 0 Å². The summed E-state index contributed by atoms with van der Waals surface area (Å²) in [5, 5.41) is 1.32. The Kier molecular flexibility index (Phi) is 8.51. The standard InChI is InChI=1S/C22H24ClN3O3S.ClH/c1-16-4-2-3-5-19(16)29-15-21(27)26(9-8-25-10-12-28-13-11-25)22-24-18-7-6-17(23)14-20(18)30-22;/h2-7,14H,8-13,15H2,1H3;1H. The number of morpholine rings is 1. The second-order valence-corrected chi connectivity index (χ2v) is 8.61. The largest absolute Gasteiger partial charge is 0.483 e. The minimum absolute atomic E-state index is 0. The molecule has 0 saturated carbocycles.